The molecule has 1 aliphatic rings. The van der Waals surface area contributed by atoms with Gasteiger partial charge in [-0.2, -0.15) is 18.3 Å². The van der Waals surface area contributed by atoms with Crippen molar-refractivity contribution in [3.05, 3.63) is 83.4 Å². The second kappa shape index (κ2) is 11.6. The average Bonchev–Trinajstić information content (AvgIpc) is 3.39. The summed E-state index contributed by atoms with van der Waals surface area (Å²) in [7, 11) is -3.11. The van der Waals surface area contributed by atoms with Crippen LogP contribution in [0.25, 0.3) is 5.82 Å². The predicted molar refractivity (Wildman–Crippen MR) is 143 cm³/mol. The lowest BCUT2D eigenvalue weighted by Gasteiger charge is -2.27. The number of pyridine rings is 2. The zero-order valence-corrected chi connectivity index (χ0v) is 22.8. The normalized spacial score (nSPS) is 15.3. The number of halogens is 5. The summed E-state index contributed by atoms with van der Waals surface area (Å²) in [5.41, 5.74) is 3.70. The van der Waals surface area contributed by atoms with Crippen molar-refractivity contribution in [1.29, 1.82) is 0 Å². The fourth-order valence-electron chi connectivity index (χ4n) is 4.34. The lowest BCUT2D eigenvalue weighted by atomic mass is 10.2. The van der Waals surface area contributed by atoms with Crippen LogP contribution in [0.1, 0.15) is 21.6 Å². The second-order valence-corrected chi connectivity index (χ2v) is 11.7. The number of nitrogen functional groups attached to an aromatic ring is 1. The molecule has 0 unspecified atom stereocenters. The molecule has 1 aromatic carbocycles. The van der Waals surface area contributed by atoms with Gasteiger partial charge in [0.05, 0.1) is 28.8 Å². The van der Waals surface area contributed by atoms with Crippen LogP contribution in [0.5, 0.6) is 11.5 Å². The second-order valence-electron chi connectivity index (χ2n) is 9.43. The van der Waals surface area contributed by atoms with Crippen molar-refractivity contribution in [3.63, 3.8) is 0 Å². The van der Waals surface area contributed by atoms with Crippen molar-refractivity contribution in [2.45, 2.75) is 12.7 Å². The summed E-state index contributed by atoms with van der Waals surface area (Å²) < 4.78 is 100. The Bertz CT molecular complexity index is 1780. The summed E-state index contributed by atoms with van der Waals surface area (Å²) in [4.78, 5) is 22.3. The molecule has 3 N–H and O–H groups in total. The van der Waals surface area contributed by atoms with Gasteiger partial charge >= 0.3 is 6.18 Å². The Labute approximate surface area is 241 Å². The van der Waals surface area contributed by atoms with E-state index in [0.29, 0.717) is 11.8 Å². The van der Waals surface area contributed by atoms with E-state index in [1.807, 2.05) is 4.90 Å². The molecule has 3 aromatic heterocycles. The van der Waals surface area contributed by atoms with Crippen molar-refractivity contribution >= 4 is 27.2 Å². The highest BCUT2D eigenvalue weighted by molar-refractivity contribution is 7.91. The third-order valence-electron chi connectivity index (χ3n) is 6.50. The number of nitrogens with zero attached hydrogens (tertiary/aromatic N) is 5. The highest BCUT2D eigenvalue weighted by Gasteiger charge is 2.41. The van der Waals surface area contributed by atoms with Crippen LogP contribution >= 0.6 is 0 Å². The van der Waals surface area contributed by atoms with E-state index in [4.69, 9.17) is 10.5 Å². The van der Waals surface area contributed by atoms with Gasteiger partial charge in [0, 0.05) is 43.8 Å². The van der Waals surface area contributed by atoms with Crippen molar-refractivity contribution in [2.75, 3.05) is 35.6 Å². The first-order valence-electron chi connectivity index (χ1n) is 12.5. The first-order valence-corrected chi connectivity index (χ1v) is 14.4. The van der Waals surface area contributed by atoms with E-state index < -0.39 is 50.6 Å². The lowest BCUT2D eigenvalue weighted by Crippen LogP contribution is -2.39. The van der Waals surface area contributed by atoms with E-state index in [2.05, 4.69) is 20.4 Å². The van der Waals surface area contributed by atoms with Gasteiger partial charge in [-0.15, -0.1) is 0 Å². The van der Waals surface area contributed by atoms with Gasteiger partial charge in [-0.1, -0.05) is 0 Å². The van der Waals surface area contributed by atoms with Gasteiger partial charge in [0.2, 0.25) is 0 Å². The van der Waals surface area contributed by atoms with Crippen molar-refractivity contribution in [3.8, 4) is 17.3 Å². The van der Waals surface area contributed by atoms with E-state index in [1.54, 1.807) is 0 Å². The van der Waals surface area contributed by atoms with Crippen LogP contribution in [0.15, 0.2) is 55.0 Å². The van der Waals surface area contributed by atoms with Gasteiger partial charge < -0.3 is 15.8 Å². The molecule has 0 radical (unpaired) electrons. The largest absolute Gasteiger partial charge is 0.454 e. The van der Waals surface area contributed by atoms with Crippen LogP contribution in [0.3, 0.4) is 0 Å². The SMILES string of the molecule is Nc1nccc(Oc2ccc(NC(=O)c3cnn(-c4ncccc4F)c3C(F)(F)F)cc2F)c1CN1CCS(=O)(=O)CC1. The van der Waals surface area contributed by atoms with E-state index in [0.717, 1.165) is 24.4 Å². The Kier molecular flexibility index (Phi) is 8.02. The molecule has 226 valence electrons. The van der Waals surface area contributed by atoms with Crippen LogP contribution in [-0.2, 0) is 22.6 Å². The third kappa shape index (κ3) is 6.56. The maximum absolute atomic E-state index is 15.1. The van der Waals surface area contributed by atoms with E-state index in [1.165, 1.54) is 24.4 Å². The van der Waals surface area contributed by atoms with Gasteiger partial charge in [-0.3, -0.25) is 9.69 Å². The van der Waals surface area contributed by atoms with Crippen LogP contribution in [0.4, 0.5) is 33.5 Å². The number of nitrogens with one attached hydrogen (secondary N) is 1. The molecule has 4 aromatic rings. The number of aromatic nitrogens is 4. The number of anilines is 2. The van der Waals surface area contributed by atoms with Crippen molar-refractivity contribution in [2.24, 2.45) is 0 Å². The molecule has 0 aliphatic carbocycles. The molecule has 43 heavy (non-hydrogen) atoms. The highest BCUT2D eigenvalue weighted by atomic mass is 32.2. The number of nitrogens with two attached hydrogens (primary N) is 1. The zero-order chi connectivity index (χ0) is 30.9. The molecule has 0 spiro atoms. The molecule has 1 aliphatic heterocycles. The number of ether oxygens (including phenoxy) is 1. The Morgan fingerprint density at radius 1 is 1.02 bits per heavy atom. The summed E-state index contributed by atoms with van der Waals surface area (Å²) in [5, 5.41) is 5.69. The topological polar surface area (TPSA) is 145 Å². The van der Waals surface area contributed by atoms with Gasteiger partial charge in [-0.25, -0.2) is 31.8 Å². The molecule has 1 saturated heterocycles. The number of hydrogen-bond donors (Lipinski definition) is 2. The molecule has 11 nitrogen and oxygen atoms in total. The fraction of sp³-hybridized carbons (Fsp3) is 0.231. The average molecular weight is 624 g/mol. The molecule has 1 amide bonds. The molecule has 0 saturated carbocycles. The standard InChI is InChI=1S/C26H22F5N7O4S/c27-18-2-1-6-34-24(18)38-22(26(29,30)31)16(13-35-38)25(39)36-15-3-4-21(19(28)12-15)42-20-5-7-33-23(32)17(20)14-37-8-10-43(40,41)11-9-37/h1-7,12-13H,8-11,14H2,(H2,32,33)(H,36,39). The lowest BCUT2D eigenvalue weighted by molar-refractivity contribution is -0.143. The minimum atomic E-state index is -5.12. The van der Waals surface area contributed by atoms with E-state index in [9.17, 15) is 30.8 Å². The molecular weight excluding hydrogens is 601 g/mol. The van der Waals surface area contributed by atoms with Gasteiger partial charge in [0.1, 0.15) is 11.6 Å². The summed E-state index contributed by atoms with van der Waals surface area (Å²) in [6.07, 6.45) is -2.11. The molecular formula is C26H22F5N7O4S. The minimum Gasteiger partial charge on any atom is -0.454 e. The molecule has 1 fully saturated rings. The maximum Gasteiger partial charge on any atom is 0.434 e. The van der Waals surface area contributed by atoms with E-state index in [-0.39, 0.29) is 58.8 Å². The maximum atomic E-state index is 15.1. The Balaban J connectivity index is 1.35. The Hall–Kier alpha value is -4.64. The van der Waals surface area contributed by atoms with Gasteiger partial charge in [-0.05, 0) is 30.3 Å². The smallest absolute Gasteiger partial charge is 0.434 e. The number of rotatable bonds is 7. The van der Waals surface area contributed by atoms with Crippen LogP contribution in [0.2, 0.25) is 0 Å². The quantitative estimate of drug-likeness (QED) is 0.294. The molecule has 5 rings (SSSR count). The fourth-order valence-corrected chi connectivity index (χ4v) is 5.61. The number of sulfone groups is 1. The molecule has 0 atom stereocenters. The van der Waals surface area contributed by atoms with Crippen LogP contribution in [-0.4, -0.2) is 63.6 Å². The first-order chi connectivity index (χ1) is 20.3. The number of benzene rings is 1. The van der Waals surface area contributed by atoms with Crippen LogP contribution < -0.4 is 15.8 Å². The minimum absolute atomic E-state index is 0.0174. The first kappa shape index (κ1) is 29.8. The zero-order valence-electron chi connectivity index (χ0n) is 22.0. The third-order valence-corrected chi connectivity index (χ3v) is 8.11. The molecule has 0 bridgehead atoms. The number of carbonyl (C=O) groups is 1. The Morgan fingerprint density at radius 3 is 2.44 bits per heavy atom. The molecule has 17 heteroatoms. The predicted octanol–water partition coefficient (Wildman–Crippen LogP) is 3.82. The molecule has 4 heterocycles. The summed E-state index contributed by atoms with van der Waals surface area (Å²) in [5.74, 6) is -4.18. The van der Waals surface area contributed by atoms with Crippen molar-refractivity contribution in [1.82, 2.24) is 24.6 Å². The highest BCUT2D eigenvalue weighted by Crippen LogP contribution is 2.35. The monoisotopic (exact) mass is 623 g/mol. The number of carbonyl (C=O) groups excluding carboxylic acids is 1. The summed E-state index contributed by atoms with van der Waals surface area (Å²) in [6, 6.07) is 6.70. The van der Waals surface area contributed by atoms with Gasteiger partial charge in [0.15, 0.2) is 38.7 Å². The van der Waals surface area contributed by atoms with Gasteiger partial charge in [0.25, 0.3) is 5.91 Å². The summed E-state index contributed by atoms with van der Waals surface area (Å²) >= 11 is 0. The number of alkyl halides is 3. The van der Waals surface area contributed by atoms with Crippen molar-refractivity contribution < 1.29 is 39.9 Å². The van der Waals surface area contributed by atoms with E-state index >= 15 is 4.39 Å². The number of amides is 1. The van der Waals surface area contributed by atoms with Crippen LogP contribution in [0, 0.1) is 11.6 Å². The number of hydrogen-bond acceptors (Lipinski definition) is 9. The Morgan fingerprint density at radius 2 is 1.77 bits per heavy atom. The summed E-state index contributed by atoms with van der Waals surface area (Å²) in [6.45, 7) is 0.729.